The molecule has 1 heterocycles. The predicted octanol–water partition coefficient (Wildman–Crippen LogP) is 3.40. The summed E-state index contributed by atoms with van der Waals surface area (Å²) in [5.41, 5.74) is 1.75. The number of aromatic nitrogens is 2. The van der Waals surface area contributed by atoms with Crippen molar-refractivity contribution in [1.29, 1.82) is 0 Å². The maximum absolute atomic E-state index is 14.0. The van der Waals surface area contributed by atoms with Gasteiger partial charge in [0.25, 0.3) is 10.0 Å². The molecule has 0 spiro atoms. The third-order valence-electron chi connectivity index (χ3n) is 5.80. The van der Waals surface area contributed by atoms with Gasteiger partial charge < -0.3 is 19.3 Å². The second-order valence-corrected chi connectivity index (χ2v) is 10.8. The summed E-state index contributed by atoms with van der Waals surface area (Å²) in [6.07, 6.45) is 3.48. The smallest absolute Gasteiger partial charge is 0.264 e. The lowest BCUT2D eigenvalue weighted by atomic mass is 10.2. The Hall–Kier alpha value is -3.44. The van der Waals surface area contributed by atoms with Crippen LogP contribution in [0.25, 0.3) is 0 Å². The maximum atomic E-state index is 14.0. The van der Waals surface area contributed by atoms with E-state index >= 15 is 0 Å². The molecular formula is C25H32ClN5O5S. The summed E-state index contributed by atoms with van der Waals surface area (Å²) in [6, 6.07) is 9.31. The van der Waals surface area contributed by atoms with Crippen molar-refractivity contribution >= 4 is 38.9 Å². The molecule has 200 valence electrons. The lowest BCUT2D eigenvalue weighted by molar-refractivity contribution is -0.129. The maximum Gasteiger partial charge on any atom is 0.264 e. The number of ether oxygens (including phenoxy) is 2. The van der Waals surface area contributed by atoms with Gasteiger partial charge in [-0.25, -0.2) is 8.42 Å². The largest absolute Gasteiger partial charge is 0.493 e. The summed E-state index contributed by atoms with van der Waals surface area (Å²) >= 11 is 6.52. The van der Waals surface area contributed by atoms with Gasteiger partial charge >= 0.3 is 0 Å². The first kappa shape index (κ1) is 28.1. The molecule has 0 bridgehead atoms. The highest BCUT2D eigenvalue weighted by molar-refractivity contribution is 7.92. The lowest BCUT2D eigenvalue weighted by Crippen LogP contribution is -2.43. The van der Waals surface area contributed by atoms with Crippen molar-refractivity contribution < 1.29 is 22.7 Å². The van der Waals surface area contributed by atoms with Crippen molar-refractivity contribution in [3.05, 3.63) is 59.4 Å². The second-order valence-electron chi connectivity index (χ2n) is 8.49. The first-order valence-electron chi connectivity index (χ1n) is 11.5. The normalized spacial score (nSPS) is 11.2. The zero-order chi connectivity index (χ0) is 27.3. The Kier molecular flexibility index (Phi) is 8.93. The zero-order valence-corrected chi connectivity index (χ0v) is 23.4. The SMILES string of the molecule is CCN(Cc1cnn(C)c1)C(=O)CN(c1cc(N(C)C)ccc1Cl)S(=O)(=O)c1ccc(OC)c(OC)c1. The first-order valence-corrected chi connectivity index (χ1v) is 13.3. The minimum atomic E-state index is -4.25. The summed E-state index contributed by atoms with van der Waals surface area (Å²) in [4.78, 5) is 16.8. The minimum absolute atomic E-state index is 0.0698. The monoisotopic (exact) mass is 549 g/mol. The number of hydrogen-bond donors (Lipinski definition) is 0. The van der Waals surface area contributed by atoms with E-state index in [1.807, 2.05) is 32.1 Å². The third-order valence-corrected chi connectivity index (χ3v) is 7.88. The molecule has 0 fully saturated rings. The average molecular weight is 550 g/mol. The summed E-state index contributed by atoms with van der Waals surface area (Å²) in [6.45, 7) is 2.05. The van der Waals surface area contributed by atoms with Crippen molar-refractivity contribution in [2.75, 3.05) is 50.6 Å². The molecule has 0 radical (unpaired) electrons. The van der Waals surface area contributed by atoms with Crippen LogP contribution in [0.4, 0.5) is 11.4 Å². The summed E-state index contributed by atoms with van der Waals surface area (Å²) < 4.78 is 41.3. The standard InChI is InChI=1S/C25H32ClN5O5S/c1-7-30(16-18-14-27-29(4)15-18)25(32)17-31(22-12-19(28(2)3)8-10-21(22)26)37(33,34)20-9-11-23(35-5)24(13-20)36-6/h8-15H,7,16-17H2,1-6H3. The van der Waals surface area contributed by atoms with E-state index < -0.39 is 16.6 Å². The van der Waals surface area contributed by atoms with Crippen molar-refractivity contribution in [3.63, 3.8) is 0 Å². The number of hydrogen-bond acceptors (Lipinski definition) is 7. The first-order chi connectivity index (χ1) is 17.5. The molecule has 0 aliphatic rings. The number of rotatable bonds is 11. The molecule has 2 aromatic carbocycles. The van der Waals surface area contributed by atoms with E-state index in [9.17, 15) is 13.2 Å². The highest BCUT2D eigenvalue weighted by atomic mass is 35.5. The molecule has 37 heavy (non-hydrogen) atoms. The van der Waals surface area contributed by atoms with E-state index in [1.165, 1.54) is 32.4 Å². The predicted molar refractivity (Wildman–Crippen MR) is 144 cm³/mol. The molecule has 3 aromatic rings. The number of halogens is 1. The number of methoxy groups -OCH3 is 2. The molecule has 0 N–H and O–H groups in total. The number of carbonyl (C=O) groups is 1. The van der Waals surface area contributed by atoms with Gasteiger partial charge in [-0.2, -0.15) is 5.10 Å². The molecule has 10 nitrogen and oxygen atoms in total. The number of carbonyl (C=O) groups excluding carboxylic acids is 1. The molecule has 3 rings (SSSR count). The van der Waals surface area contributed by atoms with Crippen LogP contribution in [0, 0.1) is 0 Å². The van der Waals surface area contributed by atoms with E-state index in [-0.39, 0.29) is 27.3 Å². The molecule has 1 aromatic heterocycles. The van der Waals surface area contributed by atoms with Gasteiger partial charge in [-0.15, -0.1) is 0 Å². The van der Waals surface area contributed by atoms with E-state index in [2.05, 4.69) is 5.10 Å². The molecule has 1 amide bonds. The number of sulfonamides is 1. The Balaban J connectivity index is 2.09. The molecule has 0 aliphatic heterocycles. The van der Waals surface area contributed by atoms with E-state index in [0.717, 1.165) is 15.6 Å². The Morgan fingerprint density at radius 3 is 2.35 bits per heavy atom. The molecule has 0 saturated carbocycles. The topological polar surface area (TPSA) is 97.2 Å². The van der Waals surface area contributed by atoms with Crippen LogP contribution in [-0.4, -0.2) is 70.4 Å². The van der Waals surface area contributed by atoms with Crippen molar-refractivity contribution in [2.24, 2.45) is 7.05 Å². The Morgan fingerprint density at radius 2 is 1.78 bits per heavy atom. The van der Waals surface area contributed by atoms with Gasteiger partial charge in [-0.1, -0.05) is 11.6 Å². The Labute approximate surface area is 223 Å². The fourth-order valence-electron chi connectivity index (χ4n) is 3.75. The molecule has 0 unspecified atom stereocenters. The van der Waals surface area contributed by atoms with Crippen molar-refractivity contribution in [1.82, 2.24) is 14.7 Å². The van der Waals surface area contributed by atoms with Crippen LogP contribution >= 0.6 is 11.6 Å². The fraction of sp³-hybridized carbons (Fsp3) is 0.360. The van der Waals surface area contributed by atoms with E-state index in [0.29, 0.717) is 18.8 Å². The van der Waals surface area contributed by atoms with Crippen LogP contribution in [-0.2, 0) is 28.4 Å². The van der Waals surface area contributed by atoms with Crippen LogP contribution in [0.15, 0.2) is 53.7 Å². The molecule has 0 aliphatic carbocycles. The number of amides is 1. The van der Waals surface area contributed by atoms with E-state index in [4.69, 9.17) is 21.1 Å². The fourth-order valence-corrected chi connectivity index (χ4v) is 5.46. The van der Waals surface area contributed by atoms with Crippen LogP contribution < -0.4 is 18.7 Å². The van der Waals surface area contributed by atoms with Crippen LogP contribution in [0.5, 0.6) is 11.5 Å². The molecule has 12 heteroatoms. The highest BCUT2D eigenvalue weighted by Gasteiger charge is 2.31. The lowest BCUT2D eigenvalue weighted by Gasteiger charge is -2.29. The van der Waals surface area contributed by atoms with Gasteiger partial charge in [0, 0.05) is 57.7 Å². The van der Waals surface area contributed by atoms with Gasteiger partial charge in [0.15, 0.2) is 11.5 Å². The van der Waals surface area contributed by atoms with Gasteiger partial charge in [-0.3, -0.25) is 13.8 Å². The van der Waals surface area contributed by atoms with Crippen LogP contribution in [0.2, 0.25) is 5.02 Å². The average Bonchev–Trinajstić information content (AvgIpc) is 3.29. The minimum Gasteiger partial charge on any atom is -0.493 e. The number of aryl methyl sites for hydroxylation is 1. The van der Waals surface area contributed by atoms with Gasteiger partial charge in [0.2, 0.25) is 5.91 Å². The summed E-state index contributed by atoms with van der Waals surface area (Å²) in [7, 11) is 4.09. The number of anilines is 2. The third kappa shape index (κ3) is 6.28. The summed E-state index contributed by atoms with van der Waals surface area (Å²) in [5.74, 6) is 0.238. The van der Waals surface area contributed by atoms with E-state index in [1.54, 1.807) is 41.0 Å². The van der Waals surface area contributed by atoms with Gasteiger partial charge in [0.1, 0.15) is 6.54 Å². The van der Waals surface area contributed by atoms with Gasteiger partial charge in [-0.05, 0) is 37.3 Å². The van der Waals surface area contributed by atoms with Gasteiger partial charge in [0.05, 0.1) is 36.0 Å². The number of nitrogens with zero attached hydrogens (tertiary/aromatic N) is 5. The Bertz CT molecular complexity index is 1360. The second kappa shape index (κ2) is 11.7. The molecule has 0 saturated heterocycles. The van der Waals surface area contributed by atoms with Crippen molar-refractivity contribution in [2.45, 2.75) is 18.4 Å². The number of likely N-dealkylation sites (N-methyl/N-ethyl adjacent to an activating group) is 1. The quantitative estimate of drug-likeness (QED) is 0.361. The number of benzene rings is 2. The highest BCUT2D eigenvalue weighted by Crippen LogP contribution is 2.36. The molecule has 0 atom stereocenters. The zero-order valence-electron chi connectivity index (χ0n) is 21.8. The van der Waals surface area contributed by atoms with Crippen molar-refractivity contribution in [3.8, 4) is 11.5 Å². The Morgan fingerprint density at radius 1 is 1.08 bits per heavy atom. The summed E-state index contributed by atoms with van der Waals surface area (Å²) in [5, 5.41) is 4.34. The molecular weight excluding hydrogens is 518 g/mol. The van der Waals surface area contributed by atoms with Crippen LogP contribution in [0.3, 0.4) is 0 Å². The van der Waals surface area contributed by atoms with Crippen LogP contribution in [0.1, 0.15) is 12.5 Å².